The fourth-order valence-electron chi connectivity index (χ4n) is 2.06. The number of pyridine rings is 1. The summed E-state index contributed by atoms with van der Waals surface area (Å²) >= 11 is 0. The zero-order chi connectivity index (χ0) is 10.7. The van der Waals surface area contributed by atoms with Gasteiger partial charge in [0, 0.05) is 24.9 Å². The first-order valence-electron chi connectivity index (χ1n) is 5.48. The Morgan fingerprint density at radius 2 is 2.20 bits per heavy atom. The molecule has 1 aliphatic heterocycles. The summed E-state index contributed by atoms with van der Waals surface area (Å²) in [5.74, 6) is 0.107. The molecule has 1 aromatic rings. The minimum Gasteiger partial charge on any atom is -0.390 e. The van der Waals surface area contributed by atoms with Crippen molar-refractivity contribution in [2.24, 2.45) is 0 Å². The largest absolute Gasteiger partial charge is 0.390 e. The van der Waals surface area contributed by atoms with Crippen LogP contribution in [0.25, 0.3) is 0 Å². The Morgan fingerprint density at radius 3 is 2.80 bits per heavy atom. The first kappa shape index (κ1) is 10.6. The summed E-state index contributed by atoms with van der Waals surface area (Å²) in [6, 6.07) is 3.89. The van der Waals surface area contributed by atoms with Gasteiger partial charge in [-0.3, -0.25) is 4.98 Å². The zero-order valence-corrected chi connectivity index (χ0v) is 8.97. The van der Waals surface area contributed by atoms with Gasteiger partial charge in [-0.05, 0) is 30.5 Å². The fourth-order valence-corrected chi connectivity index (χ4v) is 2.06. The number of hydrogen-bond donors (Lipinski definition) is 1. The first-order chi connectivity index (χ1) is 7.29. The van der Waals surface area contributed by atoms with Gasteiger partial charge in [-0.1, -0.05) is 6.92 Å². The molecule has 3 nitrogen and oxygen atoms in total. The third-order valence-electron chi connectivity index (χ3n) is 3.09. The van der Waals surface area contributed by atoms with Gasteiger partial charge in [-0.15, -0.1) is 0 Å². The van der Waals surface area contributed by atoms with E-state index in [-0.39, 0.29) is 12.0 Å². The standard InChI is InChI=1S/C12H17NO2/c1-9(10-4-6-13-7-5-10)12(14)11-3-2-8-15-11/h4-7,9,11-12,14H,2-3,8H2,1H3. The molecule has 0 spiro atoms. The Bertz CT molecular complexity index is 296. The van der Waals surface area contributed by atoms with E-state index in [9.17, 15) is 5.11 Å². The van der Waals surface area contributed by atoms with Crippen molar-refractivity contribution in [3.63, 3.8) is 0 Å². The van der Waals surface area contributed by atoms with E-state index >= 15 is 0 Å². The number of hydrogen-bond acceptors (Lipinski definition) is 3. The van der Waals surface area contributed by atoms with Crippen molar-refractivity contribution in [3.05, 3.63) is 30.1 Å². The van der Waals surface area contributed by atoms with Gasteiger partial charge in [-0.25, -0.2) is 0 Å². The molecule has 82 valence electrons. The second kappa shape index (κ2) is 4.73. The lowest BCUT2D eigenvalue weighted by atomic mass is 9.92. The van der Waals surface area contributed by atoms with Gasteiger partial charge >= 0.3 is 0 Å². The van der Waals surface area contributed by atoms with Crippen LogP contribution < -0.4 is 0 Å². The molecule has 0 amide bonds. The molecule has 15 heavy (non-hydrogen) atoms. The summed E-state index contributed by atoms with van der Waals surface area (Å²) < 4.78 is 5.49. The SMILES string of the molecule is CC(c1ccncc1)C(O)C1CCCO1. The van der Waals surface area contributed by atoms with E-state index in [1.165, 1.54) is 0 Å². The molecule has 1 aliphatic rings. The highest BCUT2D eigenvalue weighted by atomic mass is 16.5. The van der Waals surface area contributed by atoms with E-state index < -0.39 is 6.10 Å². The minimum atomic E-state index is -0.408. The molecule has 2 rings (SSSR count). The van der Waals surface area contributed by atoms with Crippen molar-refractivity contribution in [1.82, 2.24) is 4.98 Å². The van der Waals surface area contributed by atoms with Crippen LogP contribution in [0, 0.1) is 0 Å². The zero-order valence-electron chi connectivity index (χ0n) is 8.97. The van der Waals surface area contributed by atoms with Crippen molar-refractivity contribution in [2.45, 2.75) is 37.9 Å². The maximum atomic E-state index is 10.1. The highest BCUT2D eigenvalue weighted by Gasteiger charge is 2.29. The lowest BCUT2D eigenvalue weighted by Crippen LogP contribution is -2.30. The van der Waals surface area contributed by atoms with Gasteiger partial charge in [-0.2, -0.15) is 0 Å². The average molecular weight is 207 g/mol. The van der Waals surface area contributed by atoms with Gasteiger partial charge < -0.3 is 9.84 Å². The Hall–Kier alpha value is -0.930. The molecule has 0 radical (unpaired) electrons. The van der Waals surface area contributed by atoms with Crippen molar-refractivity contribution >= 4 is 0 Å². The van der Waals surface area contributed by atoms with Crippen LogP contribution in [0.15, 0.2) is 24.5 Å². The predicted molar refractivity (Wildman–Crippen MR) is 57.6 cm³/mol. The predicted octanol–water partition coefficient (Wildman–Crippen LogP) is 1.72. The van der Waals surface area contributed by atoms with Crippen LogP contribution in [0.3, 0.4) is 0 Å². The monoisotopic (exact) mass is 207 g/mol. The number of aliphatic hydroxyl groups excluding tert-OH is 1. The third kappa shape index (κ3) is 2.36. The van der Waals surface area contributed by atoms with Crippen LogP contribution in [0.4, 0.5) is 0 Å². The van der Waals surface area contributed by atoms with Gasteiger partial charge in [0.05, 0.1) is 12.2 Å². The maximum Gasteiger partial charge on any atom is 0.0867 e. The molecular formula is C12H17NO2. The molecule has 0 aliphatic carbocycles. The van der Waals surface area contributed by atoms with E-state index in [1.807, 2.05) is 19.1 Å². The normalized spacial score (nSPS) is 25.1. The molecule has 3 unspecified atom stereocenters. The Labute approximate surface area is 90.1 Å². The Balaban J connectivity index is 2.03. The molecule has 3 atom stereocenters. The summed E-state index contributed by atoms with van der Waals surface area (Å²) in [4.78, 5) is 3.97. The molecule has 0 aromatic carbocycles. The van der Waals surface area contributed by atoms with Crippen LogP contribution in [-0.4, -0.2) is 28.9 Å². The van der Waals surface area contributed by atoms with Crippen LogP contribution in [0.2, 0.25) is 0 Å². The van der Waals surface area contributed by atoms with Gasteiger partial charge in [0.25, 0.3) is 0 Å². The number of nitrogens with zero attached hydrogens (tertiary/aromatic N) is 1. The highest BCUT2D eigenvalue weighted by molar-refractivity contribution is 5.16. The third-order valence-corrected chi connectivity index (χ3v) is 3.09. The summed E-state index contributed by atoms with van der Waals surface area (Å²) in [5.41, 5.74) is 1.12. The fraction of sp³-hybridized carbons (Fsp3) is 0.583. The Morgan fingerprint density at radius 1 is 1.47 bits per heavy atom. The molecule has 2 heterocycles. The highest BCUT2D eigenvalue weighted by Crippen LogP contribution is 2.26. The van der Waals surface area contributed by atoms with E-state index in [1.54, 1.807) is 12.4 Å². The molecule has 0 bridgehead atoms. The van der Waals surface area contributed by atoms with E-state index in [0.717, 1.165) is 25.0 Å². The molecule has 1 aromatic heterocycles. The smallest absolute Gasteiger partial charge is 0.0867 e. The lowest BCUT2D eigenvalue weighted by Gasteiger charge is -2.24. The van der Waals surface area contributed by atoms with Gasteiger partial charge in [0.15, 0.2) is 0 Å². The number of rotatable bonds is 3. The summed E-state index contributed by atoms with van der Waals surface area (Å²) in [6.07, 6.45) is 5.15. The number of aliphatic hydroxyl groups is 1. The lowest BCUT2D eigenvalue weighted by molar-refractivity contribution is -0.0125. The molecular weight excluding hydrogens is 190 g/mol. The topological polar surface area (TPSA) is 42.4 Å². The van der Waals surface area contributed by atoms with Crippen molar-refractivity contribution in [3.8, 4) is 0 Å². The molecule has 1 fully saturated rings. The molecule has 1 saturated heterocycles. The van der Waals surface area contributed by atoms with Gasteiger partial charge in [0.2, 0.25) is 0 Å². The number of aromatic nitrogens is 1. The van der Waals surface area contributed by atoms with Crippen LogP contribution >= 0.6 is 0 Å². The van der Waals surface area contributed by atoms with Crippen LogP contribution in [0.5, 0.6) is 0 Å². The average Bonchev–Trinajstić information content (AvgIpc) is 2.82. The van der Waals surface area contributed by atoms with E-state index in [0.29, 0.717) is 0 Å². The second-order valence-electron chi connectivity index (χ2n) is 4.11. The molecule has 0 saturated carbocycles. The summed E-state index contributed by atoms with van der Waals surface area (Å²) in [6.45, 7) is 2.81. The number of ether oxygens (including phenoxy) is 1. The quantitative estimate of drug-likeness (QED) is 0.820. The molecule has 3 heteroatoms. The summed E-state index contributed by atoms with van der Waals surface area (Å²) in [5, 5.41) is 10.1. The van der Waals surface area contributed by atoms with Crippen molar-refractivity contribution in [1.29, 1.82) is 0 Å². The van der Waals surface area contributed by atoms with Crippen molar-refractivity contribution < 1.29 is 9.84 Å². The van der Waals surface area contributed by atoms with E-state index in [4.69, 9.17) is 4.74 Å². The minimum absolute atomic E-state index is 0.00756. The Kier molecular flexibility index (Phi) is 3.34. The first-order valence-corrected chi connectivity index (χ1v) is 5.48. The van der Waals surface area contributed by atoms with Crippen LogP contribution in [-0.2, 0) is 4.74 Å². The van der Waals surface area contributed by atoms with Crippen LogP contribution in [0.1, 0.15) is 31.2 Å². The summed E-state index contributed by atoms with van der Waals surface area (Å²) in [7, 11) is 0. The molecule has 1 N–H and O–H groups in total. The van der Waals surface area contributed by atoms with E-state index in [2.05, 4.69) is 4.98 Å². The van der Waals surface area contributed by atoms with Gasteiger partial charge in [0.1, 0.15) is 0 Å². The second-order valence-corrected chi connectivity index (χ2v) is 4.11. The maximum absolute atomic E-state index is 10.1. The van der Waals surface area contributed by atoms with Crippen molar-refractivity contribution in [2.75, 3.05) is 6.61 Å².